The molecule has 39 heavy (non-hydrogen) atoms. The van der Waals surface area contributed by atoms with Gasteiger partial charge in [0, 0.05) is 36.3 Å². The van der Waals surface area contributed by atoms with Crippen LogP contribution >= 0.6 is 11.6 Å². The Morgan fingerprint density at radius 1 is 1.08 bits per heavy atom. The molecule has 2 aromatic carbocycles. The van der Waals surface area contributed by atoms with Crippen LogP contribution in [0.5, 0.6) is 0 Å². The number of carbonyl (C=O) groups is 2. The van der Waals surface area contributed by atoms with Crippen molar-refractivity contribution in [1.82, 2.24) is 20.9 Å². The highest BCUT2D eigenvalue weighted by Crippen LogP contribution is 2.34. The Labute approximate surface area is 238 Å². The molecule has 0 radical (unpaired) electrons. The maximum atomic E-state index is 13.0. The fourth-order valence-corrected chi connectivity index (χ4v) is 6.12. The number of fused-ring (bicyclic) bond motifs is 1. The van der Waals surface area contributed by atoms with Crippen molar-refractivity contribution >= 4 is 23.5 Å². The molecule has 0 spiro atoms. The molecule has 1 saturated heterocycles. The lowest BCUT2D eigenvalue weighted by Crippen LogP contribution is -2.39. The van der Waals surface area contributed by atoms with Gasteiger partial charge in [-0.2, -0.15) is 0 Å². The molecule has 0 bridgehead atoms. The van der Waals surface area contributed by atoms with Crippen molar-refractivity contribution in [2.24, 2.45) is 0 Å². The zero-order valence-electron chi connectivity index (χ0n) is 23.6. The van der Waals surface area contributed by atoms with Gasteiger partial charge in [0.15, 0.2) is 0 Å². The second kappa shape index (κ2) is 14.0. The number of aryl methyl sites for hydroxylation is 1. The number of halogens is 1. The first kappa shape index (κ1) is 29.2. The number of nitrogens with zero attached hydrogens (tertiary/aromatic N) is 1. The van der Waals surface area contributed by atoms with Crippen molar-refractivity contribution in [2.45, 2.75) is 84.3 Å². The van der Waals surface area contributed by atoms with Gasteiger partial charge >= 0.3 is 6.03 Å². The number of urea groups is 1. The average molecular weight is 551 g/mol. The molecule has 0 aromatic heterocycles. The van der Waals surface area contributed by atoms with Crippen molar-refractivity contribution in [2.75, 3.05) is 19.6 Å². The van der Waals surface area contributed by atoms with E-state index in [0.717, 1.165) is 49.9 Å². The van der Waals surface area contributed by atoms with Crippen LogP contribution in [-0.4, -0.2) is 42.5 Å². The summed E-state index contributed by atoms with van der Waals surface area (Å²) in [7, 11) is 0. The van der Waals surface area contributed by atoms with Crippen LogP contribution in [0.3, 0.4) is 0 Å². The summed E-state index contributed by atoms with van der Waals surface area (Å²) in [6, 6.07) is 13.9. The fourth-order valence-electron chi connectivity index (χ4n) is 5.87. The molecule has 6 nitrogen and oxygen atoms in total. The third-order valence-corrected chi connectivity index (χ3v) is 8.71. The van der Waals surface area contributed by atoms with E-state index in [9.17, 15) is 9.59 Å². The lowest BCUT2D eigenvalue weighted by Gasteiger charge is -2.33. The zero-order valence-corrected chi connectivity index (χ0v) is 24.4. The van der Waals surface area contributed by atoms with Crippen molar-refractivity contribution < 1.29 is 9.59 Å². The molecule has 3 N–H and O–H groups in total. The average Bonchev–Trinajstić information content (AvgIpc) is 3.07. The van der Waals surface area contributed by atoms with Crippen molar-refractivity contribution in [3.05, 3.63) is 80.9 Å². The first-order valence-electron chi connectivity index (χ1n) is 14.5. The van der Waals surface area contributed by atoms with Gasteiger partial charge in [0.05, 0.1) is 6.04 Å². The van der Waals surface area contributed by atoms with E-state index in [1.807, 2.05) is 12.1 Å². The minimum absolute atomic E-state index is 0.123. The number of allylic oxidation sites excluding steroid dienone is 1. The van der Waals surface area contributed by atoms with Crippen LogP contribution in [-0.2, 0) is 13.0 Å². The Morgan fingerprint density at radius 2 is 1.90 bits per heavy atom. The molecule has 1 aliphatic heterocycles. The molecule has 2 aromatic rings. The number of amides is 3. The monoisotopic (exact) mass is 550 g/mol. The summed E-state index contributed by atoms with van der Waals surface area (Å²) in [4.78, 5) is 28.1. The lowest BCUT2D eigenvalue weighted by molar-refractivity contribution is 0.0949. The summed E-state index contributed by atoms with van der Waals surface area (Å²) in [6.07, 6.45) is 7.77. The van der Waals surface area contributed by atoms with Gasteiger partial charge in [0.2, 0.25) is 0 Å². The van der Waals surface area contributed by atoms with Crippen molar-refractivity contribution in [1.29, 1.82) is 0 Å². The quantitative estimate of drug-likeness (QED) is 0.245. The molecule has 3 amide bonds. The Morgan fingerprint density at radius 3 is 2.67 bits per heavy atom. The number of benzene rings is 2. The van der Waals surface area contributed by atoms with E-state index in [1.54, 1.807) is 12.1 Å². The molecule has 1 fully saturated rings. The predicted octanol–water partition coefficient (Wildman–Crippen LogP) is 6.55. The van der Waals surface area contributed by atoms with Crippen LogP contribution in [0.15, 0.2) is 53.6 Å². The molecule has 2 unspecified atom stereocenters. The van der Waals surface area contributed by atoms with Crippen molar-refractivity contribution in [3.63, 3.8) is 0 Å². The molecule has 0 saturated carbocycles. The number of likely N-dealkylation sites (tertiary alicyclic amines) is 1. The summed E-state index contributed by atoms with van der Waals surface area (Å²) in [6.45, 7) is 9.67. The Balaban J connectivity index is 1.29. The number of nitrogens with one attached hydrogen (secondary N) is 3. The summed E-state index contributed by atoms with van der Waals surface area (Å²) < 4.78 is 0. The molecule has 1 aliphatic carbocycles. The van der Waals surface area contributed by atoms with E-state index >= 15 is 0 Å². The minimum atomic E-state index is -0.243. The third-order valence-electron chi connectivity index (χ3n) is 8.36. The number of hydrogen-bond acceptors (Lipinski definition) is 3. The van der Waals surface area contributed by atoms with Gasteiger partial charge in [-0.15, -0.1) is 0 Å². The Hall–Kier alpha value is -2.83. The van der Waals surface area contributed by atoms with E-state index in [2.05, 4.69) is 59.8 Å². The third kappa shape index (κ3) is 7.64. The van der Waals surface area contributed by atoms with Gasteiger partial charge < -0.3 is 20.9 Å². The second-order valence-electron chi connectivity index (χ2n) is 10.9. The minimum Gasteiger partial charge on any atom is -0.352 e. The van der Waals surface area contributed by atoms with E-state index in [-0.39, 0.29) is 24.5 Å². The molecular weight excluding hydrogens is 508 g/mol. The number of hydrogen-bond donors (Lipinski definition) is 3. The summed E-state index contributed by atoms with van der Waals surface area (Å²) >= 11 is 6.51. The molecule has 4 rings (SSSR count). The highest BCUT2D eigenvalue weighted by atomic mass is 35.5. The molecule has 2 atom stereocenters. The number of rotatable bonds is 9. The van der Waals surface area contributed by atoms with Crippen LogP contribution in [0.25, 0.3) is 0 Å². The Bertz CT molecular complexity index is 1190. The van der Waals surface area contributed by atoms with Crippen LogP contribution in [0.4, 0.5) is 4.79 Å². The van der Waals surface area contributed by atoms with Gasteiger partial charge in [-0.05, 0) is 93.3 Å². The lowest BCUT2D eigenvalue weighted by atomic mass is 9.95. The summed E-state index contributed by atoms with van der Waals surface area (Å²) in [5.74, 6) is -0.123. The first-order chi connectivity index (χ1) is 18.9. The van der Waals surface area contributed by atoms with Gasteiger partial charge in [-0.1, -0.05) is 60.9 Å². The SMILES string of the molecule is CCC1=C(C)C(NC(=O)NCc2ccc(C(=O)NCCCN3CCCCC3C)cc2Cl)c2ccccc2CC1. The Kier molecular flexibility index (Phi) is 10.5. The first-order valence-corrected chi connectivity index (χ1v) is 14.9. The van der Waals surface area contributed by atoms with Gasteiger partial charge in [0.25, 0.3) is 5.91 Å². The van der Waals surface area contributed by atoms with Crippen LogP contribution in [0, 0.1) is 0 Å². The smallest absolute Gasteiger partial charge is 0.315 e. The number of piperidine rings is 1. The van der Waals surface area contributed by atoms with E-state index in [4.69, 9.17) is 11.6 Å². The molecule has 2 aliphatic rings. The maximum absolute atomic E-state index is 13.0. The summed E-state index contributed by atoms with van der Waals surface area (Å²) in [5.41, 5.74) is 6.36. The topological polar surface area (TPSA) is 73.5 Å². The van der Waals surface area contributed by atoms with Crippen LogP contribution in [0.1, 0.15) is 92.4 Å². The molecule has 7 heteroatoms. The van der Waals surface area contributed by atoms with E-state index in [1.165, 1.54) is 36.0 Å². The van der Waals surface area contributed by atoms with Gasteiger partial charge in [-0.3, -0.25) is 4.79 Å². The van der Waals surface area contributed by atoms with Gasteiger partial charge in [-0.25, -0.2) is 4.79 Å². The molecular formula is C32H43ClN4O2. The standard InChI is InChI=1S/C32H43ClN4O2/c1-4-24-13-14-25-11-5-6-12-28(25)30(23(24)3)36-32(39)35-21-27-16-15-26(20-29(27)33)31(38)34-17-9-19-37-18-8-7-10-22(37)2/h5-6,11-12,15-16,20,22,30H,4,7-10,13-14,17-19,21H2,1-3H3,(H,34,38)(H2,35,36,39). The second-order valence-corrected chi connectivity index (χ2v) is 11.3. The number of carbonyl (C=O) groups excluding carboxylic acids is 2. The zero-order chi connectivity index (χ0) is 27.8. The van der Waals surface area contributed by atoms with E-state index in [0.29, 0.717) is 23.2 Å². The van der Waals surface area contributed by atoms with Crippen LogP contribution in [0.2, 0.25) is 5.02 Å². The summed E-state index contributed by atoms with van der Waals surface area (Å²) in [5, 5.41) is 9.62. The molecule has 210 valence electrons. The van der Waals surface area contributed by atoms with E-state index < -0.39 is 0 Å². The largest absolute Gasteiger partial charge is 0.352 e. The van der Waals surface area contributed by atoms with Crippen molar-refractivity contribution in [3.8, 4) is 0 Å². The highest BCUT2D eigenvalue weighted by Gasteiger charge is 2.24. The van der Waals surface area contributed by atoms with Crippen LogP contribution < -0.4 is 16.0 Å². The molecule has 1 heterocycles. The highest BCUT2D eigenvalue weighted by molar-refractivity contribution is 6.31. The maximum Gasteiger partial charge on any atom is 0.315 e. The van der Waals surface area contributed by atoms with Gasteiger partial charge in [0.1, 0.15) is 0 Å². The fraction of sp³-hybridized carbons (Fsp3) is 0.500. The predicted molar refractivity (Wildman–Crippen MR) is 159 cm³/mol. The normalized spacial score (nSPS) is 19.7.